The van der Waals surface area contributed by atoms with Crippen LogP contribution in [0.25, 0.3) is 10.9 Å². The fraction of sp³-hybridized carbons (Fsp3) is 0.227. The highest BCUT2D eigenvalue weighted by molar-refractivity contribution is 5.94. The minimum Gasteiger partial charge on any atom is -0.481 e. The van der Waals surface area contributed by atoms with Gasteiger partial charge in [0.05, 0.1) is 16.8 Å². The van der Waals surface area contributed by atoms with Gasteiger partial charge in [-0.2, -0.15) is 0 Å². The zero-order valence-corrected chi connectivity index (χ0v) is 14.8. The number of carbonyl (C=O) groups is 1. The van der Waals surface area contributed by atoms with Crippen LogP contribution in [0.4, 0.5) is 5.82 Å². The second kappa shape index (κ2) is 7.46. The molecule has 2 heterocycles. The highest BCUT2D eigenvalue weighted by Gasteiger charge is 2.27. The lowest BCUT2D eigenvalue weighted by molar-refractivity contribution is -0.141. The van der Waals surface area contributed by atoms with Gasteiger partial charge in [-0.15, -0.1) is 0 Å². The molecule has 1 N–H and O–H groups in total. The molecule has 3 aromatic rings. The minimum absolute atomic E-state index is 0.369. The molecule has 1 atom stereocenters. The Morgan fingerprint density at radius 1 is 1.07 bits per heavy atom. The van der Waals surface area contributed by atoms with Gasteiger partial charge in [-0.05, 0) is 37.1 Å². The molecular formula is C22H19N3O2. The zero-order chi connectivity index (χ0) is 18.6. The van der Waals surface area contributed by atoms with E-state index in [1.165, 1.54) is 6.33 Å². The topological polar surface area (TPSA) is 66.3 Å². The summed E-state index contributed by atoms with van der Waals surface area (Å²) in [4.78, 5) is 22.4. The molecule has 1 aliphatic heterocycles. The van der Waals surface area contributed by atoms with Crippen LogP contribution in [0, 0.1) is 17.8 Å². The maximum atomic E-state index is 11.4. The van der Waals surface area contributed by atoms with Crippen LogP contribution in [0.3, 0.4) is 0 Å². The quantitative estimate of drug-likeness (QED) is 0.713. The summed E-state index contributed by atoms with van der Waals surface area (Å²) in [7, 11) is 0. The lowest BCUT2D eigenvalue weighted by Gasteiger charge is -2.32. The molecule has 1 aromatic heterocycles. The number of carboxylic acid groups (broad SMARTS) is 1. The summed E-state index contributed by atoms with van der Waals surface area (Å²) in [6, 6.07) is 15.7. The number of anilines is 1. The van der Waals surface area contributed by atoms with Crippen LogP contribution in [0.5, 0.6) is 0 Å². The zero-order valence-electron chi connectivity index (χ0n) is 14.8. The highest BCUT2D eigenvalue weighted by atomic mass is 16.4. The van der Waals surface area contributed by atoms with E-state index in [-0.39, 0.29) is 5.92 Å². The Morgan fingerprint density at radius 2 is 1.93 bits per heavy atom. The predicted molar refractivity (Wildman–Crippen MR) is 105 cm³/mol. The van der Waals surface area contributed by atoms with Crippen LogP contribution in [-0.4, -0.2) is 34.1 Å². The van der Waals surface area contributed by atoms with Crippen molar-refractivity contribution in [1.29, 1.82) is 0 Å². The van der Waals surface area contributed by atoms with Crippen molar-refractivity contribution < 1.29 is 9.90 Å². The first-order chi connectivity index (χ1) is 13.2. The standard InChI is InChI=1S/C22H19N3O2/c26-22(27)18-9-5-13-25(14-18)21-20-17(8-4-10-19(20)23-15-24-21)12-11-16-6-2-1-3-7-16/h1-4,6-8,10,15,18H,5,9,13-14H2,(H,26,27). The Labute approximate surface area is 157 Å². The van der Waals surface area contributed by atoms with Gasteiger partial charge in [-0.1, -0.05) is 36.1 Å². The number of aromatic nitrogens is 2. The van der Waals surface area contributed by atoms with Gasteiger partial charge in [0.25, 0.3) is 0 Å². The van der Waals surface area contributed by atoms with Gasteiger partial charge in [-0.3, -0.25) is 4.79 Å². The van der Waals surface area contributed by atoms with Crippen molar-refractivity contribution in [1.82, 2.24) is 9.97 Å². The van der Waals surface area contributed by atoms with Gasteiger partial charge in [0.1, 0.15) is 12.1 Å². The van der Waals surface area contributed by atoms with Crippen LogP contribution in [0.1, 0.15) is 24.0 Å². The van der Waals surface area contributed by atoms with E-state index < -0.39 is 5.97 Å². The first-order valence-corrected chi connectivity index (χ1v) is 9.01. The molecular weight excluding hydrogens is 338 g/mol. The van der Waals surface area contributed by atoms with Crippen LogP contribution < -0.4 is 4.90 Å². The number of aliphatic carboxylic acids is 1. The van der Waals surface area contributed by atoms with Crippen LogP contribution in [0.15, 0.2) is 54.9 Å². The van der Waals surface area contributed by atoms with Crippen molar-refractivity contribution in [3.63, 3.8) is 0 Å². The Morgan fingerprint density at radius 3 is 2.74 bits per heavy atom. The predicted octanol–water partition coefficient (Wildman–Crippen LogP) is 3.33. The molecule has 1 fully saturated rings. The average Bonchev–Trinajstić information content (AvgIpc) is 2.72. The van der Waals surface area contributed by atoms with Gasteiger partial charge in [0.2, 0.25) is 0 Å². The summed E-state index contributed by atoms with van der Waals surface area (Å²) in [6.45, 7) is 1.25. The molecule has 0 saturated carbocycles. The number of rotatable bonds is 2. The van der Waals surface area contributed by atoms with Crippen molar-refractivity contribution in [2.45, 2.75) is 12.8 Å². The maximum Gasteiger partial charge on any atom is 0.308 e. The number of carboxylic acids is 1. The fourth-order valence-electron chi connectivity index (χ4n) is 3.47. The molecule has 0 amide bonds. The van der Waals surface area contributed by atoms with Crippen molar-refractivity contribution in [2.75, 3.05) is 18.0 Å². The number of fused-ring (bicyclic) bond motifs is 1. The smallest absolute Gasteiger partial charge is 0.308 e. The van der Waals surface area contributed by atoms with Gasteiger partial charge in [0, 0.05) is 24.2 Å². The first kappa shape index (κ1) is 17.0. The van der Waals surface area contributed by atoms with Crippen molar-refractivity contribution >= 4 is 22.7 Å². The van der Waals surface area contributed by atoms with Gasteiger partial charge < -0.3 is 10.0 Å². The number of nitrogens with zero attached hydrogens (tertiary/aromatic N) is 3. The summed E-state index contributed by atoms with van der Waals surface area (Å²) in [5.41, 5.74) is 2.61. The maximum absolute atomic E-state index is 11.4. The molecule has 0 bridgehead atoms. The molecule has 1 unspecified atom stereocenters. The number of piperidine rings is 1. The monoisotopic (exact) mass is 357 g/mol. The molecule has 1 saturated heterocycles. The van der Waals surface area contributed by atoms with Crippen molar-refractivity contribution in [3.05, 3.63) is 66.0 Å². The third kappa shape index (κ3) is 3.61. The lowest BCUT2D eigenvalue weighted by atomic mass is 9.97. The van der Waals surface area contributed by atoms with Crippen molar-refractivity contribution in [2.24, 2.45) is 5.92 Å². The van der Waals surface area contributed by atoms with E-state index in [1.54, 1.807) is 0 Å². The molecule has 5 nitrogen and oxygen atoms in total. The average molecular weight is 357 g/mol. The molecule has 4 rings (SSSR count). The summed E-state index contributed by atoms with van der Waals surface area (Å²) in [5, 5.41) is 10.3. The van der Waals surface area contributed by atoms with E-state index >= 15 is 0 Å². The largest absolute Gasteiger partial charge is 0.481 e. The normalized spacial score (nSPS) is 16.6. The molecule has 2 aromatic carbocycles. The summed E-state index contributed by atoms with van der Waals surface area (Å²) in [5.74, 6) is 6.09. The second-order valence-corrected chi connectivity index (χ2v) is 6.64. The minimum atomic E-state index is -0.748. The van der Waals surface area contributed by atoms with E-state index in [4.69, 9.17) is 0 Å². The van der Waals surface area contributed by atoms with E-state index in [2.05, 4.69) is 26.7 Å². The highest BCUT2D eigenvalue weighted by Crippen LogP contribution is 2.29. The van der Waals surface area contributed by atoms with E-state index in [0.29, 0.717) is 13.0 Å². The Kier molecular flexibility index (Phi) is 4.71. The Balaban J connectivity index is 1.78. The molecule has 0 spiro atoms. The van der Waals surface area contributed by atoms with Gasteiger partial charge in [0.15, 0.2) is 0 Å². The fourth-order valence-corrected chi connectivity index (χ4v) is 3.47. The molecule has 5 heteroatoms. The third-order valence-corrected chi connectivity index (χ3v) is 4.83. The number of hydrogen-bond acceptors (Lipinski definition) is 4. The summed E-state index contributed by atoms with van der Waals surface area (Å²) in [6.07, 6.45) is 3.08. The molecule has 1 aliphatic rings. The van der Waals surface area contributed by atoms with E-state index in [0.717, 1.165) is 40.8 Å². The molecule has 27 heavy (non-hydrogen) atoms. The number of hydrogen-bond donors (Lipinski definition) is 1. The SMILES string of the molecule is O=C(O)C1CCCN(c2ncnc3cccc(C#Cc4ccccc4)c23)C1. The first-order valence-electron chi connectivity index (χ1n) is 9.01. The Hall–Kier alpha value is -3.39. The molecule has 0 aliphatic carbocycles. The van der Waals surface area contributed by atoms with Crippen LogP contribution in [-0.2, 0) is 4.79 Å². The second-order valence-electron chi connectivity index (χ2n) is 6.64. The number of benzene rings is 2. The van der Waals surface area contributed by atoms with Crippen LogP contribution >= 0.6 is 0 Å². The van der Waals surface area contributed by atoms with Gasteiger partial charge >= 0.3 is 5.97 Å². The Bertz CT molecular complexity index is 1030. The van der Waals surface area contributed by atoms with Crippen molar-refractivity contribution in [3.8, 4) is 11.8 Å². The van der Waals surface area contributed by atoms with E-state index in [9.17, 15) is 9.90 Å². The summed E-state index contributed by atoms with van der Waals surface area (Å²) >= 11 is 0. The molecule has 134 valence electrons. The van der Waals surface area contributed by atoms with Crippen LogP contribution in [0.2, 0.25) is 0 Å². The van der Waals surface area contributed by atoms with Gasteiger partial charge in [-0.25, -0.2) is 9.97 Å². The third-order valence-electron chi connectivity index (χ3n) is 4.83. The van der Waals surface area contributed by atoms with E-state index in [1.807, 2.05) is 48.5 Å². The summed E-state index contributed by atoms with van der Waals surface area (Å²) < 4.78 is 0. The molecule has 0 radical (unpaired) electrons. The lowest BCUT2D eigenvalue weighted by Crippen LogP contribution is -2.39.